The molecule has 0 amide bonds. The maximum absolute atomic E-state index is 11.2. The van der Waals surface area contributed by atoms with E-state index in [-0.39, 0.29) is 0 Å². The molecule has 1 aromatic carbocycles. The molecule has 0 saturated heterocycles. The molecule has 2 N–H and O–H groups in total. The first-order chi connectivity index (χ1) is 10.6. The molecule has 0 aliphatic carbocycles. The Labute approximate surface area is 139 Å². The summed E-state index contributed by atoms with van der Waals surface area (Å²) in [6.07, 6.45) is 2.58. The average Bonchev–Trinajstić information content (AvgIpc) is 2.96. The quantitative estimate of drug-likeness (QED) is 0.727. The van der Waals surface area contributed by atoms with Crippen LogP contribution in [0.3, 0.4) is 0 Å². The summed E-state index contributed by atoms with van der Waals surface area (Å²) < 4.78 is 0. The van der Waals surface area contributed by atoms with Crippen molar-refractivity contribution in [1.29, 1.82) is 0 Å². The van der Waals surface area contributed by atoms with Gasteiger partial charge in [0.15, 0.2) is 0 Å². The highest BCUT2D eigenvalue weighted by atomic mass is 35.5. The van der Waals surface area contributed by atoms with Crippen molar-refractivity contribution in [3.63, 3.8) is 0 Å². The molecule has 1 unspecified atom stereocenters. The smallest absolute Gasteiger partial charge is 0.320 e. The lowest BCUT2D eigenvalue weighted by Gasteiger charge is -2.13. The highest BCUT2D eigenvalue weighted by molar-refractivity contribution is 7.15. The summed E-state index contributed by atoms with van der Waals surface area (Å²) in [7, 11) is 0. The van der Waals surface area contributed by atoms with Crippen molar-refractivity contribution in [2.45, 2.75) is 38.8 Å². The topological polar surface area (TPSA) is 49.3 Å². The molecule has 2 aromatic rings. The summed E-state index contributed by atoms with van der Waals surface area (Å²) in [6.45, 7) is 2.63. The van der Waals surface area contributed by atoms with Gasteiger partial charge in [-0.05, 0) is 24.6 Å². The lowest BCUT2D eigenvalue weighted by Crippen LogP contribution is -2.35. The van der Waals surface area contributed by atoms with Crippen LogP contribution in [0.15, 0.2) is 36.4 Å². The van der Waals surface area contributed by atoms with E-state index in [2.05, 4.69) is 12.2 Å². The van der Waals surface area contributed by atoms with E-state index in [1.807, 2.05) is 36.4 Å². The van der Waals surface area contributed by atoms with Crippen LogP contribution in [0.4, 0.5) is 0 Å². The van der Waals surface area contributed by atoms with E-state index in [0.717, 1.165) is 33.2 Å². The third kappa shape index (κ3) is 4.57. The van der Waals surface area contributed by atoms with Crippen LogP contribution in [0, 0.1) is 0 Å². The van der Waals surface area contributed by atoms with E-state index >= 15 is 0 Å². The van der Waals surface area contributed by atoms with Crippen molar-refractivity contribution in [1.82, 2.24) is 5.32 Å². The lowest BCUT2D eigenvalue weighted by atomic mass is 10.1. The van der Waals surface area contributed by atoms with Gasteiger partial charge < -0.3 is 5.11 Å². The van der Waals surface area contributed by atoms with Crippen molar-refractivity contribution in [3.05, 3.63) is 46.3 Å². The highest BCUT2D eigenvalue weighted by Gasteiger charge is 2.16. The standard InChI is InChI=1S/C17H20ClNO2S/c1-2-3-8-15(17(20)21)19-11-12-9-10-16(22-12)13-6-4-5-7-14(13)18/h4-7,9-10,15,19H,2-3,8,11H2,1H3,(H,20,21). The molecule has 1 heterocycles. The molecule has 5 heteroatoms. The molecule has 1 aromatic heterocycles. The normalized spacial score (nSPS) is 12.3. The molecule has 0 spiro atoms. The van der Waals surface area contributed by atoms with E-state index in [1.54, 1.807) is 11.3 Å². The van der Waals surface area contributed by atoms with Crippen LogP contribution in [0.5, 0.6) is 0 Å². The molecule has 118 valence electrons. The maximum atomic E-state index is 11.2. The number of hydrogen-bond acceptors (Lipinski definition) is 3. The van der Waals surface area contributed by atoms with E-state index in [1.165, 1.54) is 0 Å². The Morgan fingerprint density at radius 2 is 2.09 bits per heavy atom. The molecule has 22 heavy (non-hydrogen) atoms. The Morgan fingerprint density at radius 1 is 1.32 bits per heavy atom. The summed E-state index contributed by atoms with van der Waals surface area (Å²) >= 11 is 7.85. The monoisotopic (exact) mass is 337 g/mol. The predicted molar refractivity (Wildman–Crippen MR) is 92.6 cm³/mol. The van der Waals surface area contributed by atoms with E-state index < -0.39 is 12.0 Å². The van der Waals surface area contributed by atoms with Crippen molar-refractivity contribution < 1.29 is 9.90 Å². The van der Waals surface area contributed by atoms with Crippen LogP contribution < -0.4 is 5.32 Å². The zero-order valence-electron chi connectivity index (χ0n) is 12.5. The second-order valence-electron chi connectivity index (χ2n) is 5.16. The number of benzene rings is 1. The molecular formula is C17H20ClNO2S. The van der Waals surface area contributed by atoms with Gasteiger partial charge in [-0.2, -0.15) is 0 Å². The van der Waals surface area contributed by atoms with Crippen LogP contribution in [0.1, 0.15) is 31.1 Å². The average molecular weight is 338 g/mol. The van der Waals surface area contributed by atoms with Crippen molar-refractivity contribution >= 4 is 28.9 Å². The van der Waals surface area contributed by atoms with Crippen LogP contribution >= 0.6 is 22.9 Å². The number of aliphatic carboxylic acids is 1. The fourth-order valence-corrected chi connectivity index (χ4v) is 3.52. The second-order valence-corrected chi connectivity index (χ2v) is 6.74. The van der Waals surface area contributed by atoms with Gasteiger partial charge in [0.1, 0.15) is 6.04 Å². The number of thiophene rings is 1. The molecule has 0 saturated carbocycles. The molecule has 2 rings (SSSR count). The van der Waals surface area contributed by atoms with Gasteiger partial charge in [0.25, 0.3) is 0 Å². The predicted octanol–water partition coefficient (Wildman–Crippen LogP) is 4.80. The molecule has 0 fully saturated rings. The van der Waals surface area contributed by atoms with Crippen molar-refractivity contribution in [2.75, 3.05) is 0 Å². The number of carbonyl (C=O) groups is 1. The largest absolute Gasteiger partial charge is 0.480 e. The molecule has 0 aliphatic heterocycles. The summed E-state index contributed by atoms with van der Waals surface area (Å²) in [4.78, 5) is 13.4. The molecule has 0 radical (unpaired) electrons. The van der Waals surface area contributed by atoms with Gasteiger partial charge in [0, 0.05) is 26.9 Å². The minimum absolute atomic E-state index is 0.481. The Bertz CT molecular complexity index is 627. The minimum atomic E-state index is -0.781. The molecule has 1 atom stereocenters. The SMILES string of the molecule is CCCCC(NCc1ccc(-c2ccccc2Cl)s1)C(=O)O. The van der Waals surface area contributed by atoms with Gasteiger partial charge in [-0.1, -0.05) is 49.6 Å². The molecule has 0 aliphatic rings. The maximum Gasteiger partial charge on any atom is 0.320 e. The first-order valence-corrected chi connectivity index (χ1v) is 8.61. The number of hydrogen-bond donors (Lipinski definition) is 2. The number of halogens is 1. The Kier molecular flexibility index (Phi) is 6.43. The van der Waals surface area contributed by atoms with Crippen LogP contribution in [-0.4, -0.2) is 17.1 Å². The van der Waals surface area contributed by atoms with Gasteiger partial charge in [-0.25, -0.2) is 0 Å². The van der Waals surface area contributed by atoms with E-state index in [0.29, 0.717) is 13.0 Å². The summed E-state index contributed by atoms with van der Waals surface area (Å²) in [5.41, 5.74) is 1.01. The molecule has 3 nitrogen and oxygen atoms in total. The van der Waals surface area contributed by atoms with Gasteiger partial charge in [-0.15, -0.1) is 11.3 Å². The highest BCUT2D eigenvalue weighted by Crippen LogP contribution is 2.33. The fraction of sp³-hybridized carbons (Fsp3) is 0.353. The van der Waals surface area contributed by atoms with Gasteiger partial charge in [0.2, 0.25) is 0 Å². The van der Waals surface area contributed by atoms with Gasteiger partial charge in [0.05, 0.1) is 0 Å². The van der Waals surface area contributed by atoms with Crippen molar-refractivity contribution in [3.8, 4) is 10.4 Å². The van der Waals surface area contributed by atoms with Gasteiger partial charge in [-0.3, -0.25) is 10.1 Å². The summed E-state index contributed by atoms with van der Waals surface area (Å²) in [5.74, 6) is -0.781. The second kappa shape index (κ2) is 8.32. The van der Waals surface area contributed by atoms with Crippen LogP contribution in [0.2, 0.25) is 5.02 Å². The number of nitrogens with one attached hydrogen (secondary N) is 1. The number of carboxylic acids is 1. The zero-order valence-corrected chi connectivity index (χ0v) is 14.1. The fourth-order valence-electron chi connectivity index (χ4n) is 2.22. The number of unbranched alkanes of at least 4 members (excludes halogenated alkanes) is 1. The number of rotatable bonds is 8. The summed E-state index contributed by atoms with van der Waals surface area (Å²) in [6, 6.07) is 11.3. The zero-order chi connectivity index (χ0) is 15.9. The lowest BCUT2D eigenvalue weighted by molar-refractivity contribution is -0.139. The van der Waals surface area contributed by atoms with E-state index in [9.17, 15) is 9.90 Å². The first kappa shape index (κ1) is 17.0. The minimum Gasteiger partial charge on any atom is -0.480 e. The summed E-state index contributed by atoms with van der Waals surface area (Å²) in [5, 5.41) is 13.1. The Hall–Kier alpha value is -1.36. The third-order valence-corrected chi connectivity index (χ3v) is 4.92. The van der Waals surface area contributed by atoms with Crippen LogP contribution in [0.25, 0.3) is 10.4 Å². The third-order valence-electron chi connectivity index (χ3n) is 3.47. The Morgan fingerprint density at radius 3 is 2.77 bits per heavy atom. The van der Waals surface area contributed by atoms with E-state index in [4.69, 9.17) is 11.6 Å². The van der Waals surface area contributed by atoms with Crippen molar-refractivity contribution in [2.24, 2.45) is 0 Å². The molecular weight excluding hydrogens is 318 g/mol. The Balaban J connectivity index is 2.00. The molecule has 0 bridgehead atoms. The first-order valence-electron chi connectivity index (χ1n) is 7.41. The number of carboxylic acid groups (broad SMARTS) is 1. The van der Waals surface area contributed by atoms with Crippen LogP contribution in [-0.2, 0) is 11.3 Å². The van der Waals surface area contributed by atoms with Gasteiger partial charge >= 0.3 is 5.97 Å².